The van der Waals surface area contributed by atoms with Crippen LogP contribution in [0, 0.1) is 11.8 Å². The van der Waals surface area contributed by atoms with Crippen molar-refractivity contribution in [1.82, 2.24) is 15.1 Å². The third-order valence-electron chi connectivity index (χ3n) is 6.07. The molecule has 102 valence electrons. The first-order chi connectivity index (χ1) is 8.74. The highest BCUT2D eigenvalue weighted by molar-refractivity contribution is 5.03. The zero-order chi connectivity index (χ0) is 12.3. The first-order valence-corrected chi connectivity index (χ1v) is 7.96. The summed E-state index contributed by atoms with van der Waals surface area (Å²) in [5.74, 6) is 1.86. The normalized spacial score (nSPS) is 50.0. The maximum atomic E-state index is 3.57. The molecule has 3 heterocycles. The average Bonchev–Trinajstić information content (AvgIpc) is 2.82. The average molecular weight is 249 g/mol. The lowest BCUT2D eigenvalue weighted by Gasteiger charge is -2.30. The highest BCUT2D eigenvalue weighted by Gasteiger charge is 2.47. The highest BCUT2D eigenvalue weighted by atomic mass is 15.3. The van der Waals surface area contributed by atoms with Crippen LogP contribution in [0.25, 0.3) is 0 Å². The lowest BCUT2D eigenvalue weighted by molar-refractivity contribution is 0.166. The number of likely N-dealkylation sites (tertiary alicyclic amines) is 2. The number of hydrogen-bond acceptors (Lipinski definition) is 3. The summed E-state index contributed by atoms with van der Waals surface area (Å²) in [4.78, 5) is 5.65. The summed E-state index contributed by atoms with van der Waals surface area (Å²) in [5.41, 5.74) is 0. The minimum absolute atomic E-state index is 0.807. The van der Waals surface area contributed by atoms with Gasteiger partial charge in [0.15, 0.2) is 0 Å². The number of nitrogens with one attached hydrogen (secondary N) is 1. The van der Waals surface area contributed by atoms with E-state index in [-0.39, 0.29) is 0 Å². The van der Waals surface area contributed by atoms with E-state index < -0.39 is 0 Å². The van der Waals surface area contributed by atoms with Crippen LogP contribution < -0.4 is 5.32 Å². The van der Waals surface area contributed by atoms with Gasteiger partial charge in [-0.2, -0.15) is 0 Å². The van der Waals surface area contributed by atoms with Crippen molar-refractivity contribution < 1.29 is 0 Å². The highest BCUT2D eigenvalue weighted by Crippen LogP contribution is 2.39. The smallest absolute Gasteiger partial charge is 0.0241 e. The van der Waals surface area contributed by atoms with Crippen molar-refractivity contribution in [2.24, 2.45) is 11.8 Å². The molecule has 0 amide bonds. The monoisotopic (exact) mass is 249 g/mol. The second-order valence-corrected chi connectivity index (χ2v) is 7.19. The molecule has 1 N–H and O–H groups in total. The maximum absolute atomic E-state index is 3.57. The third-order valence-corrected chi connectivity index (χ3v) is 6.07. The molecule has 18 heavy (non-hydrogen) atoms. The molecule has 0 spiro atoms. The van der Waals surface area contributed by atoms with Crippen molar-refractivity contribution in [1.29, 1.82) is 0 Å². The summed E-state index contributed by atoms with van der Waals surface area (Å²) in [6, 6.07) is 3.43. The SMILES string of the molecule is CC1CC(N2CC3CNCC3C2C)CN1C1CC1. The van der Waals surface area contributed by atoms with Gasteiger partial charge in [-0.05, 0) is 58.0 Å². The Morgan fingerprint density at radius 3 is 2.50 bits per heavy atom. The van der Waals surface area contributed by atoms with E-state index in [0.717, 1.165) is 36.0 Å². The van der Waals surface area contributed by atoms with Crippen molar-refractivity contribution in [2.45, 2.75) is 57.3 Å². The third kappa shape index (κ3) is 1.75. The van der Waals surface area contributed by atoms with Crippen LogP contribution in [0.5, 0.6) is 0 Å². The molecule has 3 nitrogen and oxygen atoms in total. The number of nitrogens with zero attached hydrogens (tertiary/aromatic N) is 2. The van der Waals surface area contributed by atoms with Crippen LogP contribution in [0.2, 0.25) is 0 Å². The van der Waals surface area contributed by atoms with Gasteiger partial charge in [0.1, 0.15) is 0 Å². The van der Waals surface area contributed by atoms with Crippen LogP contribution >= 0.6 is 0 Å². The molecule has 3 aliphatic heterocycles. The van der Waals surface area contributed by atoms with Crippen molar-refractivity contribution in [3.05, 3.63) is 0 Å². The summed E-state index contributed by atoms with van der Waals surface area (Å²) in [7, 11) is 0. The Balaban J connectivity index is 1.45. The Morgan fingerprint density at radius 2 is 1.78 bits per heavy atom. The van der Waals surface area contributed by atoms with Crippen LogP contribution in [0.4, 0.5) is 0 Å². The Labute approximate surface area is 111 Å². The van der Waals surface area contributed by atoms with Gasteiger partial charge in [-0.3, -0.25) is 9.80 Å². The fourth-order valence-electron chi connectivity index (χ4n) is 4.86. The molecule has 1 aliphatic carbocycles. The maximum Gasteiger partial charge on any atom is 0.0241 e. The molecule has 0 aromatic rings. The fourth-order valence-corrected chi connectivity index (χ4v) is 4.86. The predicted octanol–water partition coefficient (Wildman–Crippen LogP) is 1.15. The number of fused-ring (bicyclic) bond motifs is 1. The van der Waals surface area contributed by atoms with Gasteiger partial charge in [-0.25, -0.2) is 0 Å². The van der Waals surface area contributed by atoms with Crippen molar-refractivity contribution in [2.75, 3.05) is 26.2 Å². The van der Waals surface area contributed by atoms with Gasteiger partial charge >= 0.3 is 0 Å². The van der Waals surface area contributed by atoms with Crippen LogP contribution in [0.3, 0.4) is 0 Å². The molecule has 3 saturated heterocycles. The van der Waals surface area contributed by atoms with Crippen LogP contribution in [-0.4, -0.2) is 60.1 Å². The molecule has 0 aromatic heterocycles. The van der Waals surface area contributed by atoms with Gasteiger partial charge in [0.2, 0.25) is 0 Å². The van der Waals surface area contributed by atoms with Gasteiger partial charge in [0, 0.05) is 37.3 Å². The molecule has 3 heteroatoms. The zero-order valence-electron chi connectivity index (χ0n) is 11.8. The van der Waals surface area contributed by atoms with E-state index in [2.05, 4.69) is 29.0 Å². The molecule has 0 bridgehead atoms. The summed E-state index contributed by atoms with van der Waals surface area (Å²) < 4.78 is 0. The summed E-state index contributed by atoms with van der Waals surface area (Å²) >= 11 is 0. The van der Waals surface area contributed by atoms with Gasteiger partial charge < -0.3 is 5.32 Å². The minimum Gasteiger partial charge on any atom is -0.316 e. The van der Waals surface area contributed by atoms with E-state index in [0.29, 0.717) is 0 Å². The van der Waals surface area contributed by atoms with E-state index in [1.807, 2.05) is 0 Å². The summed E-state index contributed by atoms with van der Waals surface area (Å²) in [6.07, 6.45) is 4.33. The van der Waals surface area contributed by atoms with Crippen LogP contribution in [0.1, 0.15) is 33.1 Å². The molecular weight excluding hydrogens is 222 g/mol. The molecule has 5 unspecified atom stereocenters. The van der Waals surface area contributed by atoms with E-state index in [1.165, 1.54) is 45.4 Å². The molecule has 4 aliphatic rings. The Bertz CT molecular complexity index is 328. The number of hydrogen-bond donors (Lipinski definition) is 1. The molecule has 4 fully saturated rings. The Kier molecular flexibility index (Phi) is 2.72. The molecule has 4 rings (SSSR count). The first kappa shape index (κ1) is 11.7. The molecule has 0 radical (unpaired) electrons. The van der Waals surface area contributed by atoms with Gasteiger partial charge in [0.05, 0.1) is 0 Å². The van der Waals surface area contributed by atoms with E-state index in [1.54, 1.807) is 0 Å². The van der Waals surface area contributed by atoms with Crippen molar-refractivity contribution >= 4 is 0 Å². The van der Waals surface area contributed by atoms with Crippen LogP contribution in [-0.2, 0) is 0 Å². The van der Waals surface area contributed by atoms with Gasteiger partial charge in [0.25, 0.3) is 0 Å². The van der Waals surface area contributed by atoms with E-state index >= 15 is 0 Å². The second kappa shape index (κ2) is 4.19. The van der Waals surface area contributed by atoms with E-state index in [9.17, 15) is 0 Å². The second-order valence-electron chi connectivity index (χ2n) is 7.19. The lowest BCUT2D eigenvalue weighted by atomic mass is 9.95. The van der Waals surface area contributed by atoms with Gasteiger partial charge in [-0.15, -0.1) is 0 Å². The summed E-state index contributed by atoms with van der Waals surface area (Å²) in [6.45, 7) is 10.2. The largest absolute Gasteiger partial charge is 0.316 e. The Morgan fingerprint density at radius 1 is 0.944 bits per heavy atom. The molecule has 1 saturated carbocycles. The minimum atomic E-state index is 0.807. The quantitative estimate of drug-likeness (QED) is 0.792. The summed E-state index contributed by atoms with van der Waals surface area (Å²) in [5, 5.41) is 3.57. The standard InChI is InChI=1S/C15H27N3/c1-10-5-14(9-17(10)13-3-4-13)18-8-12-6-16-7-15(12)11(18)2/h10-16H,3-9H2,1-2H3. The van der Waals surface area contributed by atoms with Crippen molar-refractivity contribution in [3.63, 3.8) is 0 Å². The molecular formula is C15H27N3. The molecule has 0 aromatic carbocycles. The molecule has 5 atom stereocenters. The van der Waals surface area contributed by atoms with E-state index in [4.69, 9.17) is 0 Å². The Hall–Kier alpha value is -0.120. The predicted molar refractivity (Wildman–Crippen MR) is 73.6 cm³/mol. The topological polar surface area (TPSA) is 18.5 Å². The fraction of sp³-hybridized carbons (Fsp3) is 1.00. The number of rotatable bonds is 2. The van der Waals surface area contributed by atoms with Crippen LogP contribution in [0.15, 0.2) is 0 Å². The zero-order valence-corrected chi connectivity index (χ0v) is 11.8. The lowest BCUT2D eigenvalue weighted by Crippen LogP contribution is -2.42. The van der Waals surface area contributed by atoms with Crippen molar-refractivity contribution in [3.8, 4) is 0 Å². The first-order valence-electron chi connectivity index (χ1n) is 7.96. The van der Waals surface area contributed by atoms with Gasteiger partial charge in [-0.1, -0.05) is 0 Å².